The third kappa shape index (κ3) is 5.14. The number of carbonyl (C=O) groups excluding carboxylic acids is 1. The average molecular weight is 372 g/mol. The number of aliphatic hydroxyl groups excluding tert-OH is 1. The molecule has 0 amide bonds. The van der Waals surface area contributed by atoms with Crippen LogP contribution >= 0.6 is 0 Å². The van der Waals surface area contributed by atoms with Crippen LogP contribution in [0.3, 0.4) is 0 Å². The van der Waals surface area contributed by atoms with Crippen LogP contribution in [0, 0.1) is 5.92 Å². The molecule has 2 unspecified atom stereocenters. The van der Waals surface area contributed by atoms with Gasteiger partial charge in [0, 0.05) is 13.0 Å². The van der Waals surface area contributed by atoms with E-state index < -0.39 is 24.5 Å². The van der Waals surface area contributed by atoms with E-state index in [0.717, 1.165) is 5.56 Å². The van der Waals surface area contributed by atoms with Crippen molar-refractivity contribution in [2.24, 2.45) is 5.92 Å². The Morgan fingerprint density at radius 2 is 1.70 bits per heavy atom. The zero-order valence-corrected chi connectivity index (χ0v) is 15.2. The van der Waals surface area contributed by atoms with Crippen LogP contribution < -0.4 is 0 Å². The van der Waals surface area contributed by atoms with Crippen LogP contribution in [0.25, 0.3) is 0 Å². The standard InChI is InChI=1S/C21H24O6/c1-24-21-19(22)17(13-25-12-15-8-4-2-5-9-15)18(27-21)14-26-20(23)16-10-6-3-7-11-16/h2-11,17-19,21-22H,12-14H2,1H3/t17?,18-,19?,21-/m1/s1. The van der Waals surface area contributed by atoms with Crippen LogP contribution in [-0.2, 0) is 25.6 Å². The topological polar surface area (TPSA) is 74.2 Å². The van der Waals surface area contributed by atoms with Gasteiger partial charge in [-0.3, -0.25) is 0 Å². The van der Waals surface area contributed by atoms with E-state index >= 15 is 0 Å². The van der Waals surface area contributed by atoms with Gasteiger partial charge in [-0.2, -0.15) is 0 Å². The lowest BCUT2D eigenvalue weighted by Gasteiger charge is -2.20. The second kappa shape index (κ2) is 9.62. The number of aliphatic hydroxyl groups is 1. The maximum Gasteiger partial charge on any atom is 0.338 e. The molecule has 0 spiro atoms. The Bertz CT molecular complexity index is 705. The molecule has 1 aliphatic heterocycles. The third-order valence-electron chi connectivity index (χ3n) is 4.55. The van der Waals surface area contributed by atoms with Gasteiger partial charge in [-0.15, -0.1) is 0 Å². The van der Waals surface area contributed by atoms with Gasteiger partial charge < -0.3 is 24.1 Å². The molecule has 27 heavy (non-hydrogen) atoms. The molecular formula is C21H24O6. The molecule has 2 aromatic carbocycles. The van der Waals surface area contributed by atoms with Crippen LogP contribution in [0.1, 0.15) is 15.9 Å². The van der Waals surface area contributed by atoms with Crippen molar-refractivity contribution in [2.45, 2.75) is 25.1 Å². The van der Waals surface area contributed by atoms with Gasteiger partial charge in [0.1, 0.15) is 18.8 Å². The number of hydrogen-bond donors (Lipinski definition) is 1. The first-order chi connectivity index (χ1) is 13.2. The third-order valence-corrected chi connectivity index (χ3v) is 4.55. The number of methoxy groups -OCH3 is 1. The quantitative estimate of drug-likeness (QED) is 0.718. The van der Waals surface area contributed by atoms with Crippen LogP contribution in [0.2, 0.25) is 0 Å². The zero-order chi connectivity index (χ0) is 19.1. The fraction of sp³-hybridized carbons (Fsp3) is 0.381. The number of benzene rings is 2. The van der Waals surface area contributed by atoms with Gasteiger partial charge in [-0.25, -0.2) is 4.79 Å². The smallest absolute Gasteiger partial charge is 0.338 e. The van der Waals surface area contributed by atoms with E-state index in [9.17, 15) is 9.90 Å². The van der Waals surface area contributed by atoms with Crippen molar-refractivity contribution in [3.63, 3.8) is 0 Å². The number of esters is 1. The van der Waals surface area contributed by atoms with Crippen molar-refractivity contribution < 1.29 is 28.8 Å². The predicted molar refractivity (Wildman–Crippen MR) is 98.0 cm³/mol. The Hall–Kier alpha value is -2.25. The number of carbonyl (C=O) groups is 1. The summed E-state index contributed by atoms with van der Waals surface area (Å²) in [5, 5.41) is 10.4. The molecule has 2 aromatic rings. The van der Waals surface area contributed by atoms with Gasteiger partial charge in [0.05, 0.1) is 18.8 Å². The van der Waals surface area contributed by atoms with Crippen LogP contribution in [0.4, 0.5) is 0 Å². The SMILES string of the molecule is CO[C@@H]1O[C@H](COC(=O)c2ccccc2)C(COCc2ccccc2)C1O. The molecule has 0 aromatic heterocycles. The predicted octanol–water partition coefficient (Wildman–Crippen LogP) is 2.41. The summed E-state index contributed by atoms with van der Waals surface area (Å²) in [6, 6.07) is 18.5. The Morgan fingerprint density at radius 1 is 1.04 bits per heavy atom. The largest absolute Gasteiger partial charge is 0.459 e. The Labute approximate surface area is 158 Å². The van der Waals surface area contributed by atoms with Crippen molar-refractivity contribution in [2.75, 3.05) is 20.3 Å². The molecule has 1 N–H and O–H groups in total. The minimum atomic E-state index is -0.855. The Balaban J connectivity index is 1.55. The molecule has 6 nitrogen and oxygen atoms in total. The highest BCUT2D eigenvalue weighted by Gasteiger charge is 2.44. The highest BCUT2D eigenvalue weighted by molar-refractivity contribution is 5.89. The highest BCUT2D eigenvalue weighted by Crippen LogP contribution is 2.28. The number of ether oxygens (including phenoxy) is 4. The summed E-state index contributed by atoms with van der Waals surface area (Å²) in [5.74, 6) is -0.791. The monoisotopic (exact) mass is 372 g/mol. The summed E-state index contributed by atoms with van der Waals surface area (Å²) in [7, 11) is 1.47. The molecule has 1 saturated heterocycles. The van der Waals surface area contributed by atoms with Gasteiger partial charge in [0.15, 0.2) is 6.29 Å². The molecule has 1 aliphatic rings. The van der Waals surface area contributed by atoms with Crippen LogP contribution in [0.5, 0.6) is 0 Å². The summed E-state index contributed by atoms with van der Waals surface area (Å²) < 4.78 is 22.0. The lowest BCUT2D eigenvalue weighted by atomic mass is 10.00. The van der Waals surface area contributed by atoms with Gasteiger partial charge in [-0.1, -0.05) is 48.5 Å². The first-order valence-corrected chi connectivity index (χ1v) is 8.89. The average Bonchev–Trinajstić information content (AvgIpc) is 3.02. The molecule has 144 valence electrons. The molecule has 0 saturated carbocycles. The Kier molecular flexibility index (Phi) is 6.95. The fourth-order valence-corrected chi connectivity index (χ4v) is 3.04. The summed E-state index contributed by atoms with van der Waals surface area (Å²) in [6.07, 6.45) is -2.13. The van der Waals surface area contributed by atoms with E-state index in [-0.39, 0.29) is 19.1 Å². The van der Waals surface area contributed by atoms with E-state index in [2.05, 4.69) is 0 Å². The summed E-state index contributed by atoms with van der Waals surface area (Å²) in [4.78, 5) is 12.1. The molecule has 6 heteroatoms. The number of rotatable bonds is 8. The van der Waals surface area contributed by atoms with Crippen LogP contribution in [-0.4, -0.2) is 49.9 Å². The van der Waals surface area contributed by atoms with Gasteiger partial charge in [0.2, 0.25) is 0 Å². The van der Waals surface area contributed by atoms with Crippen molar-refractivity contribution in [1.29, 1.82) is 0 Å². The first-order valence-electron chi connectivity index (χ1n) is 8.89. The normalized spacial score (nSPS) is 24.7. The maximum atomic E-state index is 12.1. The van der Waals surface area contributed by atoms with Gasteiger partial charge >= 0.3 is 5.97 Å². The molecule has 1 heterocycles. The molecule has 1 fully saturated rings. The minimum Gasteiger partial charge on any atom is -0.459 e. The first kappa shape index (κ1) is 19.5. The summed E-state index contributed by atoms with van der Waals surface area (Å²) >= 11 is 0. The fourth-order valence-electron chi connectivity index (χ4n) is 3.04. The Morgan fingerprint density at radius 3 is 2.37 bits per heavy atom. The molecule has 3 rings (SSSR count). The van der Waals surface area contributed by atoms with E-state index in [4.69, 9.17) is 18.9 Å². The van der Waals surface area contributed by atoms with Gasteiger partial charge in [0.25, 0.3) is 0 Å². The van der Waals surface area contributed by atoms with E-state index in [1.165, 1.54) is 7.11 Å². The summed E-state index contributed by atoms with van der Waals surface area (Å²) in [5.41, 5.74) is 1.51. The second-order valence-corrected chi connectivity index (χ2v) is 6.40. The van der Waals surface area contributed by atoms with Crippen molar-refractivity contribution >= 4 is 5.97 Å². The molecule has 0 radical (unpaired) electrons. The van der Waals surface area contributed by atoms with Crippen molar-refractivity contribution in [3.8, 4) is 0 Å². The number of hydrogen-bond acceptors (Lipinski definition) is 6. The van der Waals surface area contributed by atoms with E-state index in [1.807, 2.05) is 36.4 Å². The van der Waals surface area contributed by atoms with Crippen LogP contribution in [0.15, 0.2) is 60.7 Å². The lowest BCUT2D eigenvalue weighted by molar-refractivity contribution is -0.153. The van der Waals surface area contributed by atoms with E-state index in [0.29, 0.717) is 12.2 Å². The molecule has 0 aliphatic carbocycles. The molecule has 0 bridgehead atoms. The summed E-state index contributed by atoms with van der Waals surface area (Å²) in [6.45, 7) is 0.714. The highest BCUT2D eigenvalue weighted by atomic mass is 16.7. The van der Waals surface area contributed by atoms with Crippen molar-refractivity contribution in [1.82, 2.24) is 0 Å². The second-order valence-electron chi connectivity index (χ2n) is 6.40. The lowest BCUT2D eigenvalue weighted by Crippen LogP contribution is -2.34. The van der Waals surface area contributed by atoms with E-state index in [1.54, 1.807) is 24.3 Å². The molecule has 4 atom stereocenters. The maximum absolute atomic E-state index is 12.1. The minimum absolute atomic E-state index is 0.0179. The molecular weight excluding hydrogens is 348 g/mol. The van der Waals surface area contributed by atoms with Gasteiger partial charge in [-0.05, 0) is 17.7 Å². The zero-order valence-electron chi connectivity index (χ0n) is 15.2. The van der Waals surface area contributed by atoms with Crippen molar-refractivity contribution in [3.05, 3.63) is 71.8 Å².